The van der Waals surface area contributed by atoms with Crippen LogP contribution in [0.1, 0.15) is 61.5 Å². The normalized spacial score (nSPS) is 19.1. The van der Waals surface area contributed by atoms with E-state index in [1.807, 2.05) is 0 Å². The lowest BCUT2D eigenvalue weighted by Gasteiger charge is -2.44. The summed E-state index contributed by atoms with van der Waals surface area (Å²) in [7, 11) is 0. The number of likely N-dealkylation sites (tertiary alicyclic amines) is 1. The third-order valence-corrected chi connectivity index (χ3v) is 5.02. The Bertz CT molecular complexity index is 473. The molecule has 0 radical (unpaired) electrons. The minimum Gasteiger partial charge on any atom is -0.386 e. The maximum absolute atomic E-state index is 11.0. The van der Waals surface area contributed by atoms with Gasteiger partial charge in [-0.15, -0.1) is 0 Å². The molecule has 2 heteroatoms. The minimum atomic E-state index is -0.431. The van der Waals surface area contributed by atoms with Crippen LogP contribution in [0.25, 0.3) is 0 Å². The quantitative estimate of drug-likeness (QED) is 0.904. The third-order valence-electron chi connectivity index (χ3n) is 5.02. The van der Waals surface area contributed by atoms with Gasteiger partial charge in [0.1, 0.15) is 0 Å². The highest BCUT2D eigenvalue weighted by atomic mass is 16.3. The van der Waals surface area contributed by atoms with Crippen LogP contribution in [0.4, 0.5) is 0 Å². The third kappa shape index (κ3) is 2.91. The van der Waals surface area contributed by atoms with Gasteiger partial charge in [0.2, 0.25) is 0 Å². The second-order valence-corrected chi connectivity index (χ2v) is 6.90. The summed E-state index contributed by atoms with van der Waals surface area (Å²) in [6.07, 6.45) is 3.40. The topological polar surface area (TPSA) is 23.5 Å². The predicted molar refractivity (Wildman–Crippen MR) is 85.1 cm³/mol. The van der Waals surface area contributed by atoms with Crippen molar-refractivity contribution < 1.29 is 5.11 Å². The van der Waals surface area contributed by atoms with Gasteiger partial charge in [-0.2, -0.15) is 0 Å². The zero-order chi connectivity index (χ0) is 14.9. The van der Waals surface area contributed by atoms with Crippen molar-refractivity contribution in [3.8, 4) is 0 Å². The number of aryl methyl sites for hydroxylation is 3. The van der Waals surface area contributed by atoms with E-state index < -0.39 is 6.10 Å². The van der Waals surface area contributed by atoms with Crippen LogP contribution in [0.3, 0.4) is 0 Å². The molecule has 0 saturated carbocycles. The maximum atomic E-state index is 11.0. The first-order chi connectivity index (χ1) is 9.34. The first kappa shape index (κ1) is 15.5. The van der Waals surface area contributed by atoms with Gasteiger partial charge in [0, 0.05) is 5.54 Å². The Morgan fingerprint density at radius 3 is 2.10 bits per heavy atom. The Labute approximate surface area is 123 Å². The molecule has 1 aliphatic heterocycles. The van der Waals surface area contributed by atoms with E-state index in [1.54, 1.807) is 0 Å². The van der Waals surface area contributed by atoms with Crippen LogP contribution < -0.4 is 0 Å². The molecule has 1 heterocycles. The van der Waals surface area contributed by atoms with Crippen molar-refractivity contribution >= 4 is 0 Å². The molecule has 1 aromatic carbocycles. The highest BCUT2D eigenvalue weighted by Gasteiger charge is 2.36. The number of aliphatic hydroxyl groups is 1. The largest absolute Gasteiger partial charge is 0.386 e. The SMILES string of the molecule is Cc1cc(C)c(C(O)C(C)(C)N2CCCCC2)cc1C. The molecule has 20 heavy (non-hydrogen) atoms. The van der Waals surface area contributed by atoms with Crippen molar-refractivity contribution in [3.05, 3.63) is 34.4 Å². The van der Waals surface area contributed by atoms with Gasteiger partial charge in [-0.25, -0.2) is 0 Å². The van der Waals surface area contributed by atoms with Gasteiger partial charge in [0.25, 0.3) is 0 Å². The maximum Gasteiger partial charge on any atom is 0.0970 e. The van der Waals surface area contributed by atoms with E-state index >= 15 is 0 Å². The van der Waals surface area contributed by atoms with Gasteiger partial charge in [-0.3, -0.25) is 4.90 Å². The first-order valence-electron chi connectivity index (χ1n) is 7.85. The number of hydrogen-bond acceptors (Lipinski definition) is 2. The Balaban J connectivity index is 2.29. The molecule has 1 N–H and O–H groups in total. The van der Waals surface area contributed by atoms with E-state index in [4.69, 9.17) is 0 Å². The van der Waals surface area contributed by atoms with E-state index in [0.29, 0.717) is 0 Å². The van der Waals surface area contributed by atoms with Crippen molar-refractivity contribution in [2.75, 3.05) is 13.1 Å². The van der Waals surface area contributed by atoms with Gasteiger partial charge in [-0.1, -0.05) is 18.6 Å². The van der Waals surface area contributed by atoms with Crippen molar-refractivity contribution in [3.63, 3.8) is 0 Å². The number of rotatable bonds is 3. The van der Waals surface area contributed by atoms with Gasteiger partial charge in [0.05, 0.1) is 6.10 Å². The highest BCUT2D eigenvalue weighted by Crippen LogP contribution is 2.35. The fourth-order valence-electron chi connectivity index (χ4n) is 3.30. The number of piperidine rings is 1. The molecule has 0 amide bonds. The van der Waals surface area contributed by atoms with E-state index in [9.17, 15) is 5.11 Å². The van der Waals surface area contributed by atoms with E-state index in [2.05, 4.69) is 51.7 Å². The summed E-state index contributed by atoms with van der Waals surface area (Å²) < 4.78 is 0. The summed E-state index contributed by atoms with van der Waals surface area (Å²) >= 11 is 0. The van der Waals surface area contributed by atoms with Gasteiger partial charge < -0.3 is 5.11 Å². The van der Waals surface area contributed by atoms with Crippen LogP contribution in [-0.4, -0.2) is 28.6 Å². The molecule has 0 aliphatic carbocycles. The summed E-state index contributed by atoms with van der Waals surface area (Å²) in [5.74, 6) is 0. The number of aliphatic hydroxyl groups excluding tert-OH is 1. The smallest absolute Gasteiger partial charge is 0.0970 e. The molecule has 1 atom stereocenters. The molecular formula is C18H29NO. The average molecular weight is 275 g/mol. The minimum absolute atomic E-state index is 0.202. The van der Waals surface area contributed by atoms with Gasteiger partial charge >= 0.3 is 0 Å². The van der Waals surface area contributed by atoms with E-state index in [0.717, 1.165) is 18.7 Å². The molecule has 0 bridgehead atoms. The number of nitrogens with zero attached hydrogens (tertiary/aromatic N) is 1. The molecule has 2 rings (SSSR count). The summed E-state index contributed by atoms with van der Waals surface area (Å²) in [6, 6.07) is 4.36. The molecule has 0 aromatic heterocycles. The lowest BCUT2D eigenvalue weighted by atomic mass is 9.85. The molecule has 112 valence electrons. The number of hydrogen-bond donors (Lipinski definition) is 1. The van der Waals surface area contributed by atoms with Crippen LogP contribution >= 0.6 is 0 Å². The lowest BCUT2D eigenvalue weighted by Crippen LogP contribution is -2.50. The summed E-state index contributed by atoms with van der Waals surface area (Å²) in [4.78, 5) is 2.45. The highest BCUT2D eigenvalue weighted by molar-refractivity contribution is 5.38. The van der Waals surface area contributed by atoms with Crippen LogP contribution in [0.5, 0.6) is 0 Å². The van der Waals surface area contributed by atoms with Crippen molar-refractivity contribution in [1.82, 2.24) is 4.90 Å². The fraction of sp³-hybridized carbons (Fsp3) is 0.667. The van der Waals surface area contributed by atoms with Crippen molar-refractivity contribution in [2.24, 2.45) is 0 Å². The van der Waals surface area contributed by atoms with E-state index in [1.165, 1.54) is 36.0 Å². The monoisotopic (exact) mass is 275 g/mol. The van der Waals surface area contributed by atoms with Gasteiger partial charge in [-0.05, 0) is 82.8 Å². The molecule has 1 aromatic rings. The average Bonchev–Trinajstić information content (AvgIpc) is 2.43. The Kier molecular flexibility index (Phi) is 4.55. The molecule has 0 spiro atoms. The Morgan fingerprint density at radius 1 is 0.950 bits per heavy atom. The number of benzene rings is 1. The second-order valence-electron chi connectivity index (χ2n) is 6.90. The summed E-state index contributed by atoms with van der Waals surface area (Å²) in [5, 5.41) is 11.0. The molecule has 1 saturated heterocycles. The first-order valence-corrected chi connectivity index (χ1v) is 7.85. The summed E-state index contributed by atoms with van der Waals surface area (Å²) in [5.41, 5.74) is 4.65. The Morgan fingerprint density at radius 2 is 1.50 bits per heavy atom. The van der Waals surface area contributed by atoms with E-state index in [-0.39, 0.29) is 5.54 Å². The fourth-order valence-corrected chi connectivity index (χ4v) is 3.30. The molecule has 1 unspecified atom stereocenters. The molecule has 1 aliphatic rings. The van der Waals surface area contributed by atoms with Crippen molar-refractivity contribution in [1.29, 1.82) is 0 Å². The molecule has 2 nitrogen and oxygen atoms in total. The van der Waals surface area contributed by atoms with Crippen LogP contribution in [0.15, 0.2) is 12.1 Å². The zero-order valence-electron chi connectivity index (χ0n) is 13.7. The Hall–Kier alpha value is -0.860. The second kappa shape index (κ2) is 5.87. The van der Waals surface area contributed by atoms with Crippen LogP contribution in [-0.2, 0) is 0 Å². The van der Waals surface area contributed by atoms with Crippen molar-refractivity contribution in [2.45, 2.75) is 65.5 Å². The van der Waals surface area contributed by atoms with Crippen LogP contribution in [0.2, 0.25) is 0 Å². The molecular weight excluding hydrogens is 246 g/mol. The van der Waals surface area contributed by atoms with Gasteiger partial charge in [0.15, 0.2) is 0 Å². The van der Waals surface area contributed by atoms with Crippen LogP contribution in [0, 0.1) is 20.8 Å². The summed E-state index contributed by atoms with van der Waals surface area (Å²) in [6.45, 7) is 12.9. The predicted octanol–water partition coefficient (Wildman–Crippen LogP) is 3.91. The lowest BCUT2D eigenvalue weighted by molar-refractivity contribution is -0.0212. The standard InChI is InChI=1S/C18H29NO/c1-13-11-15(3)16(12-14(13)2)17(20)18(4,5)19-9-7-6-8-10-19/h11-12,17,20H,6-10H2,1-5H3. The zero-order valence-corrected chi connectivity index (χ0v) is 13.7. The molecule has 1 fully saturated rings.